The van der Waals surface area contributed by atoms with Crippen molar-refractivity contribution >= 4 is 38.9 Å². The number of ether oxygens (including phenoxy) is 1. The summed E-state index contributed by atoms with van der Waals surface area (Å²) in [5.74, 6) is 0. The number of nitrogens with two attached hydrogens (primary N) is 1. The molecule has 0 radical (unpaired) electrons. The van der Waals surface area contributed by atoms with Crippen LogP contribution < -0.4 is 10.5 Å². The number of hydrogen-bond acceptors (Lipinski definition) is 4. The van der Waals surface area contributed by atoms with Crippen molar-refractivity contribution in [3.8, 4) is 0 Å². The van der Waals surface area contributed by atoms with Crippen molar-refractivity contribution in [2.45, 2.75) is 30.4 Å². The molecule has 1 heterocycles. The molecule has 0 spiro atoms. The van der Waals surface area contributed by atoms with E-state index in [0.717, 1.165) is 0 Å². The van der Waals surface area contributed by atoms with Crippen LogP contribution in [0.3, 0.4) is 0 Å². The van der Waals surface area contributed by atoms with Crippen molar-refractivity contribution in [3.05, 3.63) is 22.2 Å². The number of rotatable bonds is 3. The fraction of sp³-hybridized carbons (Fsp3) is 0.455. The number of nitrogen functional groups attached to an aromatic ring is 1. The van der Waals surface area contributed by atoms with Crippen LogP contribution in [0.15, 0.2) is 17.0 Å². The minimum atomic E-state index is -3.80. The Morgan fingerprint density at radius 2 is 2.11 bits per heavy atom. The summed E-state index contributed by atoms with van der Waals surface area (Å²) in [6, 6.07) is 2.43. The van der Waals surface area contributed by atoms with Crippen molar-refractivity contribution in [2.75, 3.05) is 12.3 Å². The lowest BCUT2D eigenvalue weighted by molar-refractivity contribution is 0.117. The Kier molecular flexibility index (Phi) is 4.27. The van der Waals surface area contributed by atoms with E-state index in [2.05, 4.69) is 4.72 Å². The summed E-state index contributed by atoms with van der Waals surface area (Å²) in [4.78, 5) is -0.141. The minimum Gasteiger partial charge on any atom is -0.398 e. The monoisotopic (exact) mass is 324 g/mol. The molecule has 0 saturated carbocycles. The van der Waals surface area contributed by atoms with Gasteiger partial charge < -0.3 is 10.5 Å². The molecule has 8 heteroatoms. The zero-order valence-corrected chi connectivity index (χ0v) is 12.5. The van der Waals surface area contributed by atoms with Crippen LogP contribution in [-0.4, -0.2) is 27.2 Å². The lowest BCUT2D eigenvalue weighted by Gasteiger charge is -2.17. The van der Waals surface area contributed by atoms with E-state index < -0.39 is 10.0 Å². The predicted octanol–water partition coefficient (Wildman–Crippen LogP) is 2.03. The quantitative estimate of drug-likeness (QED) is 0.833. The normalized spacial score (nSPS) is 23.7. The van der Waals surface area contributed by atoms with E-state index >= 15 is 0 Å². The topological polar surface area (TPSA) is 81.4 Å². The fourth-order valence-corrected chi connectivity index (χ4v) is 4.33. The highest BCUT2D eigenvalue weighted by Crippen LogP contribution is 2.31. The third kappa shape index (κ3) is 3.14. The molecule has 0 aromatic heterocycles. The molecular weight excluding hydrogens is 311 g/mol. The summed E-state index contributed by atoms with van der Waals surface area (Å²) in [5, 5.41) is 0.295. The van der Waals surface area contributed by atoms with E-state index in [1.54, 1.807) is 0 Å². The third-order valence-corrected chi connectivity index (χ3v) is 5.22. The summed E-state index contributed by atoms with van der Waals surface area (Å²) in [5.41, 5.74) is 5.72. The molecule has 1 saturated heterocycles. The van der Waals surface area contributed by atoms with Gasteiger partial charge >= 0.3 is 0 Å². The molecule has 19 heavy (non-hydrogen) atoms. The molecule has 2 atom stereocenters. The molecule has 106 valence electrons. The van der Waals surface area contributed by atoms with E-state index in [-0.39, 0.29) is 27.8 Å². The molecule has 2 unspecified atom stereocenters. The Morgan fingerprint density at radius 3 is 2.63 bits per heavy atom. The average Bonchev–Trinajstić information content (AvgIpc) is 2.61. The van der Waals surface area contributed by atoms with E-state index in [1.165, 1.54) is 12.1 Å². The van der Waals surface area contributed by atoms with Crippen LogP contribution in [0.2, 0.25) is 10.0 Å². The standard InChI is InChI=1S/C11H14Cl2N2O3S/c1-6-10(2-3-18-6)15-19(16,17)11-8(13)4-7(12)5-9(11)14/h4-6,10,15H,2-3,14H2,1H3. The number of anilines is 1. The van der Waals surface area contributed by atoms with Gasteiger partial charge in [-0.15, -0.1) is 0 Å². The van der Waals surface area contributed by atoms with Gasteiger partial charge in [-0.05, 0) is 25.5 Å². The van der Waals surface area contributed by atoms with Crippen molar-refractivity contribution in [1.82, 2.24) is 4.72 Å². The van der Waals surface area contributed by atoms with Gasteiger partial charge in [0.15, 0.2) is 0 Å². The maximum absolute atomic E-state index is 12.3. The third-order valence-electron chi connectivity index (χ3n) is 2.99. The lowest BCUT2D eigenvalue weighted by Crippen LogP contribution is -2.39. The Hall–Kier alpha value is -0.530. The molecule has 1 fully saturated rings. The highest BCUT2D eigenvalue weighted by Gasteiger charge is 2.31. The van der Waals surface area contributed by atoms with E-state index in [4.69, 9.17) is 33.7 Å². The molecule has 1 aliphatic heterocycles. The zero-order chi connectivity index (χ0) is 14.2. The van der Waals surface area contributed by atoms with Gasteiger partial charge in [-0.1, -0.05) is 23.2 Å². The van der Waals surface area contributed by atoms with Gasteiger partial charge in [-0.25, -0.2) is 13.1 Å². The Balaban J connectivity index is 2.34. The Bertz CT molecular complexity index is 569. The molecule has 1 aromatic rings. The van der Waals surface area contributed by atoms with Gasteiger partial charge in [0.1, 0.15) is 4.90 Å². The second kappa shape index (κ2) is 5.46. The molecule has 2 rings (SSSR count). The Morgan fingerprint density at radius 1 is 1.42 bits per heavy atom. The average molecular weight is 325 g/mol. The van der Waals surface area contributed by atoms with Crippen LogP contribution in [0.1, 0.15) is 13.3 Å². The van der Waals surface area contributed by atoms with Crippen LogP contribution in [0.25, 0.3) is 0 Å². The van der Waals surface area contributed by atoms with Gasteiger partial charge in [0.2, 0.25) is 10.0 Å². The van der Waals surface area contributed by atoms with Crippen molar-refractivity contribution in [3.63, 3.8) is 0 Å². The first-order chi connectivity index (χ1) is 8.81. The van der Waals surface area contributed by atoms with Gasteiger partial charge in [-0.3, -0.25) is 0 Å². The molecular formula is C11H14Cl2N2O3S. The smallest absolute Gasteiger partial charge is 0.244 e. The van der Waals surface area contributed by atoms with Gasteiger partial charge in [0.05, 0.1) is 22.9 Å². The minimum absolute atomic E-state index is 0.00377. The first-order valence-electron chi connectivity index (χ1n) is 5.69. The molecule has 1 aromatic carbocycles. The first-order valence-corrected chi connectivity index (χ1v) is 7.93. The van der Waals surface area contributed by atoms with E-state index in [0.29, 0.717) is 18.1 Å². The van der Waals surface area contributed by atoms with Crippen molar-refractivity contribution in [2.24, 2.45) is 0 Å². The molecule has 5 nitrogen and oxygen atoms in total. The number of benzene rings is 1. The lowest BCUT2D eigenvalue weighted by atomic mass is 10.2. The summed E-state index contributed by atoms with van der Waals surface area (Å²) >= 11 is 11.7. The van der Waals surface area contributed by atoms with E-state index in [9.17, 15) is 8.42 Å². The zero-order valence-electron chi connectivity index (χ0n) is 10.2. The van der Waals surface area contributed by atoms with Crippen molar-refractivity contribution < 1.29 is 13.2 Å². The second-order valence-electron chi connectivity index (χ2n) is 4.40. The highest BCUT2D eigenvalue weighted by atomic mass is 35.5. The largest absolute Gasteiger partial charge is 0.398 e. The fourth-order valence-electron chi connectivity index (χ4n) is 2.01. The van der Waals surface area contributed by atoms with Gasteiger partial charge in [0, 0.05) is 11.6 Å². The number of halogens is 2. The van der Waals surface area contributed by atoms with Gasteiger partial charge in [-0.2, -0.15) is 0 Å². The van der Waals surface area contributed by atoms with Crippen LogP contribution in [-0.2, 0) is 14.8 Å². The SMILES string of the molecule is CC1OCCC1NS(=O)(=O)c1c(N)cc(Cl)cc1Cl. The van der Waals surface area contributed by atoms with E-state index in [1.807, 2.05) is 6.92 Å². The summed E-state index contributed by atoms with van der Waals surface area (Å²) < 4.78 is 32.5. The van der Waals surface area contributed by atoms with Crippen LogP contribution in [0.4, 0.5) is 5.69 Å². The molecule has 0 amide bonds. The highest BCUT2D eigenvalue weighted by molar-refractivity contribution is 7.89. The number of nitrogens with one attached hydrogen (secondary N) is 1. The first kappa shape index (κ1) is 14.9. The summed E-state index contributed by atoms with van der Waals surface area (Å²) in [6.45, 7) is 2.34. The molecule has 0 aliphatic carbocycles. The van der Waals surface area contributed by atoms with Crippen LogP contribution >= 0.6 is 23.2 Å². The maximum atomic E-state index is 12.3. The molecule has 3 N–H and O–H groups in total. The van der Waals surface area contributed by atoms with Crippen LogP contribution in [0, 0.1) is 0 Å². The molecule has 0 bridgehead atoms. The van der Waals surface area contributed by atoms with Crippen molar-refractivity contribution in [1.29, 1.82) is 0 Å². The maximum Gasteiger partial charge on any atom is 0.244 e. The molecule has 1 aliphatic rings. The number of sulfonamides is 1. The van der Waals surface area contributed by atoms with Crippen LogP contribution in [0.5, 0.6) is 0 Å². The summed E-state index contributed by atoms with van der Waals surface area (Å²) in [6.07, 6.45) is 0.438. The second-order valence-corrected chi connectivity index (χ2v) is 6.89. The number of hydrogen-bond donors (Lipinski definition) is 2. The van der Waals surface area contributed by atoms with Gasteiger partial charge in [0.25, 0.3) is 0 Å². The predicted molar refractivity (Wildman–Crippen MR) is 75.0 cm³/mol. The summed E-state index contributed by atoms with van der Waals surface area (Å²) in [7, 11) is -3.80. The Labute approximate surface area is 122 Å².